The summed E-state index contributed by atoms with van der Waals surface area (Å²) >= 11 is 0. The van der Waals surface area contributed by atoms with Gasteiger partial charge >= 0.3 is 20.7 Å². The van der Waals surface area contributed by atoms with Crippen LogP contribution in [0.15, 0.2) is 60.7 Å². The van der Waals surface area contributed by atoms with E-state index in [2.05, 4.69) is 6.92 Å². The Labute approximate surface area is 226 Å². The van der Waals surface area contributed by atoms with Gasteiger partial charge in [0.05, 0.1) is 0 Å². The van der Waals surface area contributed by atoms with Crippen LogP contribution in [-0.4, -0.2) is 33.9 Å². The third-order valence-corrected chi connectivity index (χ3v) is 10.1. The lowest BCUT2D eigenvalue weighted by Gasteiger charge is -2.33. The number of halogens is 5. The highest BCUT2D eigenvalue weighted by molar-refractivity contribution is 6.92. The van der Waals surface area contributed by atoms with Crippen LogP contribution in [-0.2, 0) is 8.85 Å². The second kappa shape index (κ2) is 17.0. The molecule has 0 saturated heterocycles. The molecule has 0 aromatic heterocycles. The maximum atomic E-state index is 13.9. The Bertz CT molecular complexity index is 822. The van der Waals surface area contributed by atoms with Crippen LogP contribution >= 0.6 is 0 Å². The third kappa shape index (κ3) is 10.8. The molecule has 0 fully saturated rings. The first-order valence-corrected chi connectivity index (χ1v) is 15.9. The average molecular weight is 559 g/mol. The van der Waals surface area contributed by atoms with E-state index in [1.165, 1.54) is 57.8 Å². The molecule has 0 bridgehead atoms. The highest BCUT2D eigenvalue weighted by Gasteiger charge is 2.59. The van der Waals surface area contributed by atoms with Gasteiger partial charge in [-0.25, -0.2) is 0 Å². The van der Waals surface area contributed by atoms with Gasteiger partial charge < -0.3 is 8.85 Å². The number of unbranched alkanes of at least 4 members (excludes halogenated alkanes) is 12. The van der Waals surface area contributed by atoms with Gasteiger partial charge in [-0.15, -0.1) is 0 Å². The topological polar surface area (TPSA) is 18.5 Å². The monoisotopic (exact) mass is 558 g/mol. The summed E-state index contributed by atoms with van der Waals surface area (Å²) in [4.78, 5) is 0. The molecule has 0 aliphatic heterocycles. The maximum Gasteiger partial charge on any atom is 0.455 e. The lowest BCUT2D eigenvalue weighted by molar-refractivity contribution is -0.291. The van der Waals surface area contributed by atoms with E-state index in [9.17, 15) is 22.0 Å². The van der Waals surface area contributed by atoms with Crippen molar-refractivity contribution in [1.29, 1.82) is 0 Å². The molecule has 0 aliphatic rings. The Balaban J connectivity index is 1.91. The first-order chi connectivity index (χ1) is 18.2. The van der Waals surface area contributed by atoms with Gasteiger partial charge in [-0.1, -0.05) is 145 Å². The quantitative estimate of drug-likeness (QED) is 0.0921. The molecule has 2 nitrogen and oxygen atoms in total. The molecule has 2 aromatic carbocycles. The van der Waals surface area contributed by atoms with Crippen LogP contribution in [0.2, 0.25) is 0 Å². The van der Waals surface area contributed by atoms with Gasteiger partial charge in [0.25, 0.3) is 0 Å². The zero-order valence-corrected chi connectivity index (χ0v) is 23.6. The van der Waals surface area contributed by atoms with E-state index in [-0.39, 0.29) is 6.61 Å². The lowest BCUT2D eigenvalue weighted by atomic mass is 10.0. The van der Waals surface area contributed by atoms with Crippen molar-refractivity contribution in [3.8, 4) is 0 Å². The van der Waals surface area contributed by atoms with Gasteiger partial charge in [0, 0.05) is 6.61 Å². The van der Waals surface area contributed by atoms with Crippen LogP contribution in [0.1, 0.15) is 90.4 Å². The fourth-order valence-electron chi connectivity index (χ4n) is 4.47. The molecule has 0 N–H and O–H groups in total. The van der Waals surface area contributed by atoms with E-state index in [0.29, 0.717) is 16.8 Å². The standard InChI is InChI=1S/C30H43F5O2Si/c1-2-3-4-5-6-7-8-9-10-11-12-13-20-25-36-38(27-21-16-14-17-22-27,28-23-18-15-19-24-28)37-26-29(31,32)30(33,34)35/h14-19,21-24H,2-13,20,25-26H2,1H3. The van der Waals surface area contributed by atoms with Gasteiger partial charge in [-0.05, 0) is 16.8 Å². The average Bonchev–Trinajstić information content (AvgIpc) is 2.91. The molecular formula is C30H43F5O2Si. The van der Waals surface area contributed by atoms with Gasteiger partial charge in [-0.3, -0.25) is 0 Å². The molecule has 2 aromatic rings. The fourth-order valence-corrected chi connectivity index (χ4v) is 7.63. The van der Waals surface area contributed by atoms with E-state index in [4.69, 9.17) is 8.85 Å². The Morgan fingerprint density at radius 3 is 1.34 bits per heavy atom. The molecule has 0 spiro atoms. The zero-order chi connectivity index (χ0) is 27.7. The van der Waals surface area contributed by atoms with Crippen molar-refractivity contribution in [3.63, 3.8) is 0 Å². The van der Waals surface area contributed by atoms with E-state index in [0.717, 1.165) is 19.3 Å². The second-order valence-electron chi connectivity index (χ2n) is 9.93. The molecule has 0 saturated carbocycles. The summed E-state index contributed by atoms with van der Waals surface area (Å²) < 4.78 is 78.4. The number of rotatable bonds is 20. The molecule has 0 amide bonds. The van der Waals surface area contributed by atoms with Gasteiger partial charge in [0.1, 0.15) is 6.61 Å². The van der Waals surface area contributed by atoms with Crippen LogP contribution in [0.25, 0.3) is 0 Å². The molecule has 0 heterocycles. The van der Waals surface area contributed by atoms with Gasteiger partial charge in [0.15, 0.2) is 0 Å². The molecule has 38 heavy (non-hydrogen) atoms. The number of alkyl halides is 5. The molecule has 0 atom stereocenters. The molecule has 0 aliphatic carbocycles. The molecular weight excluding hydrogens is 515 g/mol. The second-order valence-corrected chi connectivity index (χ2v) is 12.9. The van der Waals surface area contributed by atoms with Crippen molar-refractivity contribution in [2.75, 3.05) is 13.2 Å². The highest BCUT2D eigenvalue weighted by Crippen LogP contribution is 2.36. The van der Waals surface area contributed by atoms with Crippen molar-refractivity contribution in [1.82, 2.24) is 0 Å². The largest absolute Gasteiger partial charge is 0.455 e. The predicted octanol–water partition coefficient (Wildman–Crippen LogP) is 8.57. The summed E-state index contributed by atoms with van der Waals surface area (Å²) in [5.41, 5.74) is 0. The summed E-state index contributed by atoms with van der Waals surface area (Å²) in [6.45, 7) is 0.668. The van der Waals surface area contributed by atoms with E-state index >= 15 is 0 Å². The molecule has 0 unspecified atom stereocenters. The van der Waals surface area contributed by atoms with E-state index < -0.39 is 27.3 Å². The minimum absolute atomic E-state index is 0.228. The van der Waals surface area contributed by atoms with Gasteiger partial charge in [-0.2, -0.15) is 22.0 Å². The molecule has 8 heteroatoms. The van der Waals surface area contributed by atoms with Crippen molar-refractivity contribution < 1.29 is 30.8 Å². The van der Waals surface area contributed by atoms with Crippen molar-refractivity contribution in [2.24, 2.45) is 0 Å². The van der Waals surface area contributed by atoms with Crippen LogP contribution in [0, 0.1) is 0 Å². The Kier molecular flexibility index (Phi) is 14.5. The number of hydrogen-bond donors (Lipinski definition) is 0. The van der Waals surface area contributed by atoms with Crippen LogP contribution in [0.4, 0.5) is 22.0 Å². The molecule has 2 rings (SSSR count). The van der Waals surface area contributed by atoms with Crippen LogP contribution in [0.3, 0.4) is 0 Å². The van der Waals surface area contributed by atoms with E-state index in [1.54, 1.807) is 60.7 Å². The lowest BCUT2D eigenvalue weighted by Crippen LogP contribution is -2.65. The zero-order valence-electron chi connectivity index (χ0n) is 22.6. The first-order valence-electron chi connectivity index (χ1n) is 14.1. The summed E-state index contributed by atoms with van der Waals surface area (Å²) in [6.07, 6.45) is 9.67. The highest BCUT2D eigenvalue weighted by atomic mass is 28.4. The first kappa shape index (κ1) is 32.4. The minimum Gasteiger partial charge on any atom is -0.388 e. The van der Waals surface area contributed by atoms with Gasteiger partial charge in [0.2, 0.25) is 0 Å². The van der Waals surface area contributed by atoms with E-state index in [1.807, 2.05) is 0 Å². The normalized spacial score (nSPS) is 12.7. The predicted molar refractivity (Wildman–Crippen MR) is 147 cm³/mol. The van der Waals surface area contributed by atoms with Crippen molar-refractivity contribution in [2.45, 2.75) is 102 Å². The summed E-state index contributed by atoms with van der Waals surface area (Å²) in [5, 5.41) is 0.998. The summed E-state index contributed by atoms with van der Waals surface area (Å²) in [6, 6.07) is 17.0. The summed E-state index contributed by atoms with van der Waals surface area (Å²) in [5.74, 6) is -4.98. The maximum absolute atomic E-state index is 13.9. The fraction of sp³-hybridized carbons (Fsp3) is 0.600. The Morgan fingerprint density at radius 1 is 0.553 bits per heavy atom. The van der Waals surface area contributed by atoms with Crippen LogP contribution < -0.4 is 10.4 Å². The number of benzene rings is 2. The smallest absolute Gasteiger partial charge is 0.388 e. The van der Waals surface area contributed by atoms with Crippen molar-refractivity contribution >= 4 is 18.9 Å². The SMILES string of the molecule is CCCCCCCCCCCCCCCO[Si](OCC(F)(F)C(F)(F)F)(c1ccccc1)c1ccccc1. The molecule has 214 valence electrons. The third-order valence-electron chi connectivity index (χ3n) is 6.73. The van der Waals surface area contributed by atoms with Crippen LogP contribution in [0.5, 0.6) is 0 Å². The Morgan fingerprint density at radius 2 is 0.947 bits per heavy atom. The Hall–Kier alpha value is -1.77. The minimum atomic E-state index is -5.70. The van der Waals surface area contributed by atoms with Crippen molar-refractivity contribution in [3.05, 3.63) is 60.7 Å². The molecule has 0 radical (unpaired) electrons. The number of hydrogen-bond acceptors (Lipinski definition) is 2. The summed E-state index contributed by atoms with van der Waals surface area (Å²) in [7, 11) is -3.82.